The van der Waals surface area contributed by atoms with E-state index < -0.39 is 10.0 Å². The summed E-state index contributed by atoms with van der Waals surface area (Å²) in [5.41, 5.74) is 0. The van der Waals surface area contributed by atoms with Crippen LogP contribution in [0.3, 0.4) is 0 Å². The monoisotopic (exact) mass is 345 g/mol. The molecule has 0 heterocycles. The van der Waals surface area contributed by atoms with Gasteiger partial charge >= 0.3 is 0 Å². The van der Waals surface area contributed by atoms with Crippen molar-refractivity contribution in [1.29, 1.82) is 0 Å². The quantitative estimate of drug-likeness (QED) is 0.904. The highest BCUT2D eigenvalue weighted by molar-refractivity contribution is 9.10. The molecule has 0 atom stereocenters. The van der Waals surface area contributed by atoms with Gasteiger partial charge in [-0.25, -0.2) is 13.1 Å². The summed E-state index contributed by atoms with van der Waals surface area (Å²) < 4.78 is 28.3. The molecule has 0 radical (unpaired) electrons. The predicted octanol–water partition coefficient (Wildman–Crippen LogP) is 3.84. The highest BCUT2D eigenvalue weighted by atomic mass is 79.9. The van der Waals surface area contributed by atoms with Crippen LogP contribution in [0.2, 0.25) is 0 Å². The second-order valence-corrected chi connectivity index (χ2v) is 7.75. The summed E-state index contributed by atoms with van der Waals surface area (Å²) >= 11 is 3.31. The highest BCUT2D eigenvalue weighted by Gasteiger charge is 2.20. The van der Waals surface area contributed by atoms with Crippen LogP contribution in [0.4, 0.5) is 0 Å². The molecule has 1 saturated carbocycles. The van der Waals surface area contributed by atoms with Crippen LogP contribution >= 0.6 is 15.9 Å². The summed E-state index contributed by atoms with van der Waals surface area (Å²) in [7, 11) is -3.38. The number of hydrogen-bond acceptors (Lipinski definition) is 2. The summed E-state index contributed by atoms with van der Waals surface area (Å²) in [5, 5.41) is 0. The Morgan fingerprint density at radius 3 is 2.05 bits per heavy atom. The van der Waals surface area contributed by atoms with Gasteiger partial charge in [0.1, 0.15) is 0 Å². The van der Waals surface area contributed by atoms with Crippen molar-refractivity contribution in [3.05, 3.63) is 28.7 Å². The van der Waals surface area contributed by atoms with E-state index in [1.54, 1.807) is 24.3 Å². The minimum absolute atomic E-state index is 0.0916. The van der Waals surface area contributed by atoms with Crippen LogP contribution in [0.1, 0.15) is 44.9 Å². The van der Waals surface area contributed by atoms with Crippen LogP contribution in [0.5, 0.6) is 0 Å². The van der Waals surface area contributed by atoms with E-state index in [4.69, 9.17) is 0 Å². The first kappa shape index (κ1) is 15.0. The summed E-state index contributed by atoms with van der Waals surface area (Å²) in [5.74, 6) is 0. The molecule has 0 aliphatic heterocycles. The van der Waals surface area contributed by atoms with Crippen molar-refractivity contribution in [3.8, 4) is 0 Å². The zero-order chi connectivity index (χ0) is 13.7. The number of halogens is 1. The third-order valence-electron chi connectivity index (χ3n) is 3.55. The van der Waals surface area contributed by atoms with Gasteiger partial charge in [-0.05, 0) is 37.1 Å². The highest BCUT2D eigenvalue weighted by Crippen LogP contribution is 2.20. The Bertz CT molecular complexity index is 491. The Kier molecular flexibility index (Phi) is 5.42. The average Bonchev–Trinajstić information content (AvgIpc) is 2.33. The maximum absolute atomic E-state index is 12.3. The van der Waals surface area contributed by atoms with Crippen LogP contribution in [0.25, 0.3) is 0 Å². The summed E-state index contributed by atoms with van der Waals surface area (Å²) in [6.07, 6.45) is 7.87. The second-order valence-electron chi connectivity index (χ2n) is 5.12. The van der Waals surface area contributed by atoms with E-state index in [-0.39, 0.29) is 6.04 Å². The Morgan fingerprint density at radius 1 is 0.947 bits per heavy atom. The molecule has 1 aromatic carbocycles. The number of hydrogen-bond donors (Lipinski definition) is 1. The van der Waals surface area contributed by atoms with E-state index in [0.717, 1.165) is 30.2 Å². The molecule has 1 aliphatic carbocycles. The van der Waals surface area contributed by atoms with Crippen LogP contribution in [0.15, 0.2) is 33.6 Å². The van der Waals surface area contributed by atoms with E-state index in [2.05, 4.69) is 20.7 Å². The van der Waals surface area contributed by atoms with Crippen molar-refractivity contribution in [3.63, 3.8) is 0 Å². The number of sulfonamides is 1. The molecule has 1 fully saturated rings. The van der Waals surface area contributed by atoms with Crippen LogP contribution in [-0.4, -0.2) is 14.5 Å². The molecule has 0 aromatic heterocycles. The van der Waals surface area contributed by atoms with Gasteiger partial charge in [0.05, 0.1) is 4.90 Å². The molecule has 0 saturated heterocycles. The number of rotatable bonds is 3. The minimum Gasteiger partial charge on any atom is -0.208 e. The largest absolute Gasteiger partial charge is 0.240 e. The summed E-state index contributed by atoms with van der Waals surface area (Å²) in [4.78, 5) is 0.345. The van der Waals surface area contributed by atoms with Gasteiger partial charge in [0.25, 0.3) is 0 Å². The molecule has 0 spiro atoms. The van der Waals surface area contributed by atoms with E-state index in [0.29, 0.717) is 4.90 Å². The topological polar surface area (TPSA) is 46.2 Å². The summed E-state index contributed by atoms with van der Waals surface area (Å²) in [6.45, 7) is 0. The molecular formula is C14H20BrNO2S. The third kappa shape index (κ3) is 4.58. The van der Waals surface area contributed by atoms with Gasteiger partial charge in [-0.15, -0.1) is 0 Å². The SMILES string of the molecule is O=S(=O)(NC1CCCCCCC1)c1ccc(Br)cc1. The maximum Gasteiger partial charge on any atom is 0.240 e. The molecule has 3 nitrogen and oxygen atoms in total. The van der Waals surface area contributed by atoms with Gasteiger partial charge in [0.2, 0.25) is 10.0 Å². The van der Waals surface area contributed by atoms with E-state index in [9.17, 15) is 8.42 Å². The van der Waals surface area contributed by atoms with Crippen molar-refractivity contribution >= 4 is 26.0 Å². The van der Waals surface area contributed by atoms with Crippen LogP contribution in [0, 0.1) is 0 Å². The van der Waals surface area contributed by atoms with Gasteiger partial charge in [-0.3, -0.25) is 0 Å². The first-order valence-corrected chi connectivity index (χ1v) is 9.13. The lowest BCUT2D eigenvalue weighted by Crippen LogP contribution is -2.35. The number of benzene rings is 1. The Hall–Kier alpha value is -0.390. The smallest absolute Gasteiger partial charge is 0.208 e. The normalized spacial score (nSPS) is 18.8. The zero-order valence-corrected chi connectivity index (χ0v) is 13.3. The molecule has 0 unspecified atom stereocenters. The van der Waals surface area contributed by atoms with Gasteiger partial charge in [-0.2, -0.15) is 0 Å². The lowest BCUT2D eigenvalue weighted by atomic mass is 9.97. The second kappa shape index (κ2) is 6.86. The van der Waals surface area contributed by atoms with Gasteiger partial charge in [0, 0.05) is 10.5 Å². The van der Waals surface area contributed by atoms with E-state index in [1.807, 2.05) is 0 Å². The predicted molar refractivity (Wildman–Crippen MR) is 80.6 cm³/mol. The van der Waals surface area contributed by atoms with Gasteiger partial charge < -0.3 is 0 Å². The average molecular weight is 346 g/mol. The van der Waals surface area contributed by atoms with Crippen molar-refractivity contribution in [2.45, 2.75) is 55.9 Å². The van der Waals surface area contributed by atoms with Gasteiger partial charge in [-0.1, -0.05) is 48.0 Å². The van der Waals surface area contributed by atoms with E-state index >= 15 is 0 Å². The van der Waals surface area contributed by atoms with Crippen LogP contribution < -0.4 is 4.72 Å². The fourth-order valence-corrected chi connectivity index (χ4v) is 4.04. The van der Waals surface area contributed by atoms with Crippen molar-refractivity contribution in [2.75, 3.05) is 0 Å². The van der Waals surface area contributed by atoms with Gasteiger partial charge in [0.15, 0.2) is 0 Å². The molecule has 19 heavy (non-hydrogen) atoms. The number of nitrogens with one attached hydrogen (secondary N) is 1. The summed E-state index contributed by atoms with van der Waals surface area (Å²) in [6, 6.07) is 6.87. The lowest BCUT2D eigenvalue weighted by Gasteiger charge is -2.20. The Balaban J connectivity index is 2.05. The fraction of sp³-hybridized carbons (Fsp3) is 0.571. The Morgan fingerprint density at radius 2 is 1.47 bits per heavy atom. The van der Waals surface area contributed by atoms with Crippen molar-refractivity contribution in [2.24, 2.45) is 0 Å². The molecular weight excluding hydrogens is 326 g/mol. The molecule has 0 amide bonds. The molecule has 1 aliphatic rings. The van der Waals surface area contributed by atoms with Crippen molar-refractivity contribution in [1.82, 2.24) is 4.72 Å². The lowest BCUT2D eigenvalue weighted by molar-refractivity contribution is 0.426. The molecule has 106 valence electrons. The first-order chi connectivity index (χ1) is 9.08. The van der Waals surface area contributed by atoms with Crippen LogP contribution in [-0.2, 0) is 10.0 Å². The molecule has 1 N–H and O–H groups in total. The molecule has 0 bridgehead atoms. The fourth-order valence-electron chi connectivity index (χ4n) is 2.48. The standard InChI is InChI=1S/C14H20BrNO2S/c15-12-8-10-14(11-9-12)19(17,18)16-13-6-4-2-1-3-5-7-13/h8-11,13,16H,1-7H2. The van der Waals surface area contributed by atoms with Crippen molar-refractivity contribution < 1.29 is 8.42 Å². The minimum atomic E-state index is -3.38. The third-order valence-corrected chi connectivity index (χ3v) is 5.62. The zero-order valence-electron chi connectivity index (χ0n) is 10.9. The first-order valence-electron chi connectivity index (χ1n) is 6.86. The molecule has 1 aromatic rings. The van der Waals surface area contributed by atoms with E-state index in [1.165, 1.54) is 19.3 Å². The maximum atomic E-state index is 12.3. The Labute approximate surface area is 124 Å². The molecule has 2 rings (SSSR count). The molecule has 5 heteroatoms.